The Bertz CT molecular complexity index is 472. The van der Waals surface area contributed by atoms with E-state index in [-0.39, 0.29) is 6.54 Å². The second kappa shape index (κ2) is 5.72. The molecule has 0 saturated carbocycles. The SMILES string of the molecule is C=CCN(CC(=O)O)C(=O)CN1C(=O)NC(C)(C)C1=O. The molecule has 0 spiro atoms. The second-order valence-electron chi connectivity index (χ2n) is 4.90. The molecule has 1 rings (SSSR count). The minimum Gasteiger partial charge on any atom is -0.480 e. The van der Waals surface area contributed by atoms with Crippen molar-refractivity contribution in [3.63, 3.8) is 0 Å². The van der Waals surface area contributed by atoms with Crippen molar-refractivity contribution in [2.24, 2.45) is 0 Å². The van der Waals surface area contributed by atoms with Gasteiger partial charge in [-0.25, -0.2) is 4.79 Å². The quantitative estimate of drug-likeness (QED) is 0.501. The minimum absolute atomic E-state index is 0.0260. The van der Waals surface area contributed by atoms with Gasteiger partial charge in [-0.15, -0.1) is 6.58 Å². The smallest absolute Gasteiger partial charge is 0.325 e. The van der Waals surface area contributed by atoms with Crippen molar-refractivity contribution >= 4 is 23.8 Å². The lowest BCUT2D eigenvalue weighted by Crippen LogP contribution is -2.45. The van der Waals surface area contributed by atoms with Crippen molar-refractivity contribution in [1.29, 1.82) is 0 Å². The highest BCUT2D eigenvalue weighted by Gasteiger charge is 2.45. The first-order valence-electron chi connectivity index (χ1n) is 5.93. The molecule has 0 bridgehead atoms. The molecule has 8 heteroatoms. The average molecular weight is 283 g/mol. The maximum absolute atomic E-state index is 12.0. The van der Waals surface area contributed by atoms with Gasteiger partial charge >= 0.3 is 12.0 Å². The van der Waals surface area contributed by atoms with Gasteiger partial charge in [-0.3, -0.25) is 19.3 Å². The molecule has 20 heavy (non-hydrogen) atoms. The van der Waals surface area contributed by atoms with Gasteiger partial charge in [0.05, 0.1) is 0 Å². The summed E-state index contributed by atoms with van der Waals surface area (Å²) in [7, 11) is 0. The number of carbonyl (C=O) groups excluding carboxylic acids is 3. The highest BCUT2D eigenvalue weighted by atomic mass is 16.4. The molecule has 8 nitrogen and oxygen atoms in total. The predicted octanol–water partition coefficient (Wildman–Crippen LogP) is -0.584. The van der Waals surface area contributed by atoms with E-state index >= 15 is 0 Å². The molecule has 1 aliphatic rings. The van der Waals surface area contributed by atoms with E-state index in [1.165, 1.54) is 19.9 Å². The first kappa shape index (κ1) is 15.7. The number of carbonyl (C=O) groups is 4. The molecule has 2 N–H and O–H groups in total. The molecule has 0 aromatic rings. The summed E-state index contributed by atoms with van der Waals surface area (Å²) in [6.45, 7) is 5.50. The van der Waals surface area contributed by atoms with Gasteiger partial charge < -0.3 is 15.3 Å². The molecule has 0 unspecified atom stereocenters. The van der Waals surface area contributed by atoms with Crippen LogP contribution in [0.25, 0.3) is 0 Å². The number of hydrogen-bond donors (Lipinski definition) is 2. The average Bonchev–Trinajstić information content (AvgIpc) is 2.50. The van der Waals surface area contributed by atoms with Gasteiger partial charge in [0.2, 0.25) is 5.91 Å². The Morgan fingerprint density at radius 3 is 2.45 bits per heavy atom. The molecule has 0 atom stereocenters. The van der Waals surface area contributed by atoms with Gasteiger partial charge in [-0.1, -0.05) is 6.08 Å². The number of nitrogens with one attached hydrogen (secondary N) is 1. The molecule has 0 aliphatic carbocycles. The summed E-state index contributed by atoms with van der Waals surface area (Å²) in [4.78, 5) is 48.0. The zero-order valence-corrected chi connectivity index (χ0v) is 11.4. The monoisotopic (exact) mass is 283 g/mol. The Balaban J connectivity index is 2.78. The molecule has 1 aliphatic heterocycles. The molecule has 1 heterocycles. The summed E-state index contributed by atoms with van der Waals surface area (Å²) in [5.41, 5.74) is -1.06. The maximum Gasteiger partial charge on any atom is 0.325 e. The summed E-state index contributed by atoms with van der Waals surface area (Å²) in [6, 6.07) is -0.665. The highest BCUT2D eigenvalue weighted by Crippen LogP contribution is 2.16. The van der Waals surface area contributed by atoms with E-state index in [0.29, 0.717) is 0 Å². The fourth-order valence-corrected chi connectivity index (χ4v) is 1.77. The lowest BCUT2D eigenvalue weighted by molar-refractivity contribution is -0.145. The van der Waals surface area contributed by atoms with Gasteiger partial charge in [0.15, 0.2) is 0 Å². The summed E-state index contributed by atoms with van der Waals surface area (Å²) in [6.07, 6.45) is 1.37. The number of carboxylic acids is 1. The number of imide groups is 1. The molecule has 0 aromatic heterocycles. The fraction of sp³-hybridized carbons (Fsp3) is 0.500. The van der Waals surface area contributed by atoms with Crippen LogP contribution in [0.3, 0.4) is 0 Å². The van der Waals surface area contributed by atoms with E-state index in [1.54, 1.807) is 0 Å². The Hall–Kier alpha value is -2.38. The molecular formula is C12H17N3O5. The molecule has 0 radical (unpaired) electrons. The van der Waals surface area contributed by atoms with Crippen LogP contribution in [0.4, 0.5) is 4.79 Å². The van der Waals surface area contributed by atoms with E-state index in [9.17, 15) is 19.2 Å². The van der Waals surface area contributed by atoms with Crippen molar-refractivity contribution < 1.29 is 24.3 Å². The summed E-state index contributed by atoms with van der Waals surface area (Å²) in [5, 5.41) is 11.2. The van der Waals surface area contributed by atoms with Gasteiger partial charge in [0.25, 0.3) is 5.91 Å². The van der Waals surface area contributed by atoms with Crippen LogP contribution < -0.4 is 5.32 Å². The third-order valence-electron chi connectivity index (χ3n) is 2.77. The van der Waals surface area contributed by atoms with Crippen LogP contribution in [0, 0.1) is 0 Å². The van der Waals surface area contributed by atoms with Crippen molar-refractivity contribution in [2.75, 3.05) is 19.6 Å². The lowest BCUT2D eigenvalue weighted by Gasteiger charge is -2.22. The second-order valence-corrected chi connectivity index (χ2v) is 4.90. The van der Waals surface area contributed by atoms with Gasteiger partial charge in [-0.2, -0.15) is 0 Å². The zero-order valence-electron chi connectivity index (χ0n) is 11.4. The number of hydrogen-bond acceptors (Lipinski definition) is 4. The Morgan fingerprint density at radius 1 is 1.45 bits per heavy atom. The number of rotatable bonds is 6. The third-order valence-corrected chi connectivity index (χ3v) is 2.77. The topological polar surface area (TPSA) is 107 Å². The number of amides is 4. The van der Waals surface area contributed by atoms with Crippen molar-refractivity contribution in [3.05, 3.63) is 12.7 Å². The fourth-order valence-electron chi connectivity index (χ4n) is 1.77. The molecule has 4 amide bonds. The van der Waals surface area contributed by atoms with Crippen LogP contribution in [0.5, 0.6) is 0 Å². The number of nitrogens with zero attached hydrogens (tertiary/aromatic N) is 2. The molecule has 1 fully saturated rings. The maximum atomic E-state index is 12.0. The van der Waals surface area contributed by atoms with Crippen LogP contribution >= 0.6 is 0 Å². The normalized spacial score (nSPS) is 16.8. The number of aliphatic carboxylic acids is 1. The van der Waals surface area contributed by atoms with E-state index < -0.39 is 42.4 Å². The first-order valence-corrected chi connectivity index (χ1v) is 5.93. The van der Waals surface area contributed by atoms with Crippen LogP contribution in [-0.4, -0.2) is 63.9 Å². The highest BCUT2D eigenvalue weighted by molar-refractivity contribution is 6.08. The van der Waals surface area contributed by atoms with Crippen molar-refractivity contribution in [2.45, 2.75) is 19.4 Å². The Morgan fingerprint density at radius 2 is 2.05 bits per heavy atom. The van der Waals surface area contributed by atoms with Crippen molar-refractivity contribution in [1.82, 2.24) is 15.1 Å². The van der Waals surface area contributed by atoms with Crippen LogP contribution in [0.15, 0.2) is 12.7 Å². The predicted molar refractivity (Wildman–Crippen MR) is 68.7 cm³/mol. The summed E-state index contributed by atoms with van der Waals surface area (Å²) < 4.78 is 0. The van der Waals surface area contributed by atoms with E-state index in [0.717, 1.165) is 9.80 Å². The van der Waals surface area contributed by atoms with E-state index in [1.807, 2.05) is 0 Å². The van der Waals surface area contributed by atoms with E-state index in [4.69, 9.17) is 5.11 Å². The van der Waals surface area contributed by atoms with E-state index in [2.05, 4.69) is 11.9 Å². The Labute approximate surface area is 116 Å². The molecular weight excluding hydrogens is 266 g/mol. The molecule has 0 aromatic carbocycles. The van der Waals surface area contributed by atoms with Crippen LogP contribution in [0.1, 0.15) is 13.8 Å². The summed E-state index contributed by atoms with van der Waals surface area (Å²) >= 11 is 0. The number of urea groups is 1. The standard InChI is InChI=1S/C12H17N3O5/c1-4-5-14(7-9(17)18)8(16)6-15-10(19)12(2,3)13-11(15)20/h4H,1,5-7H2,2-3H3,(H,13,20)(H,17,18). The Kier molecular flexibility index (Phi) is 4.49. The van der Waals surface area contributed by atoms with Crippen LogP contribution in [0.2, 0.25) is 0 Å². The van der Waals surface area contributed by atoms with Gasteiger partial charge in [-0.05, 0) is 13.8 Å². The number of carboxylic acid groups (broad SMARTS) is 1. The third kappa shape index (κ3) is 3.34. The molecule has 110 valence electrons. The lowest BCUT2D eigenvalue weighted by atomic mass is 10.1. The van der Waals surface area contributed by atoms with Gasteiger partial charge in [0.1, 0.15) is 18.6 Å². The largest absolute Gasteiger partial charge is 0.480 e. The van der Waals surface area contributed by atoms with Gasteiger partial charge in [0, 0.05) is 6.54 Å². The van der Waals surface area contributed by atoms with Crippen molar-refractivity contribution in [3.8, 4) is 0 Å². The molecule has 1 saturated heterocycles. The minimum atomic E-state index is -1.18. The van der Waals surface area contributed by atoms with Crippen LogP contribution in [-0.2, 0) is 14.4 Å². The summed E-state index contributed by atoms with van der Waals surface area (Å²) in [5.74, 6) is -2.34. The zero-order chi connectivity index (χ0) is 15.5. The first-order chi connectivity index (χ1) is 9.19.